The fourth-order valence-corrected chi connectivity index (χ4v) is 4.13. The molecule has 0 bridgehead atoms. The number of halogens is 3. The van der Waals surface area contributed by atoms with Gasteiger partial charge in [-0.2, -0.15) is 0 Å². The van der Waals surface area contributed by atoms with Gasteiger partial charge in [0.2, 0.25) is 0 Å². The lowest BCUT2D eigenvalue weighted by Gasteiger charge is -2.12. The van der Waals surface area contributed by atoms with Crippen LogP contribution in [0.5, 0.6) is 0 Å². The first-order valence-electron chi connectivity index (χ1n) is 11.7. The van der Waals surface area contributed by atoms with E-state index in [9.17, 15) is 14.4 Å². The highest BCUT2D eigenvalue weighted by molar-refractivity contribution is 9.10. The lowest BCUT2D eigenvalue weighted by Crippen LogP contribution is -2.30. The lowest BCUT2D eigenvalue weighted by molar-refractivity contribution is -0.113. The van der Waals surface area contributed by atoms with E-state index in [4.69, 9.17) is 23.2 Å². The molecule has 0 aromatic heterocycles. The highest BCUT2D eigenvalue weighted by Gasteiger charge is 2.15. The number of carbonyl (C=O) groups excluding carboxylic acids is 3. The molecule has 0 unspecified atom stereocenters. The predicted octanol–water partition coefficient (Wildman–Crippen LogP) is 8.06. The molecule has 2 amide bonds. The largest absolute Gasteiger partial charge is 0.321 e. The van der Waals surface area contributed by atoms with E-state index in [1.54, 1.807) is 84.9 Å². The van der Waals surface area contributed by atoms with Crippen molar-refractivity contribution < 1.29 is 14.4 Å². The van der Waals surface area contributed by atoms with Gasteiger partial charge in [0.1, 0.15) is 5.70 Å². The van der Waals surface area contributed by atoms with Crippen molar-refractivity contribution >= 4 is 74.6 Å². The summed E-state index contributed by atoms with van der Waals surface area (Å²) < 4.78 is 0.888. The number of hydrogen-bond donors (Lipinski definition) is 2. The van der Waals surface area contributed by atoms with E-state index in [0.717, 1.165) is 10.0 Å². The van der Waals surface area contributed by atoms with Crippen molar-refractivity contribution in [3.8, 4) is 0 Å². The Morgan fingerprint density at radius 2 is 1.44 bits per heavy atom. The molecule has 4 aromatic rings. The highest BCUT2D eigenvalue weighted by atomic mass is 79.9. The molecule has 0 aliphatic heterocycles. The lowest BCUT2D eigenvalue weighted by atomic mass is 10.1. The maximum atomic E-state index is 13.2. The van der Waals surface area contributed by atoms with Crippen molar-refractivity contribution in [3.63, 3.8) is 0 Å². The standard InChI is InChI=1S/C31H21BrCl2N2O3/c32-24-14-9-20(10-15-24)19-27(36-30(38)23-5-2-1-3-6-23)31(39)35-25-16-11-21(12-17-25)28(37)18-13-22-7-4-8-26(33)29(22)34/h1-19H,(H,35,39)(H,36,38)/b18-13+,27-19-. The molecule has 39 heavy (non-hydrogen) atoms. The Bertz CT molecular complexity index is 1570. The molecule has 2 N–H and O–H groups in total. The van der Waals surface area contributed by atoms with Crippen molar-refractivity contribution in [2.45, 2.75) is 0 Å². The monoisotopic (exact) mass is 618 g/mol. The number of rotatable bonds is 8. The van der Waals surface area contributed by atoms with Gasteiger partial charge >= 0.3 is 0 Å². The van der Waals surface area contributed by atoms with E-state index in [0.29, 0.717) is 32.4 Å². The van der Waals surface area contributed by atoms with Gasteiger partial charge in [0.25, 0.3) is 11.8 Å². The zero-order chi connectivity index (χ0) is 27.8. The van der Waals surface area contributed by atoms with Crippen LogP contribution in [0, 0.1) is 0 Å². The summed E-state index contributed by atoms with van der Waals surface area (Å²) in [5.74, 6) is -1.17. The Morgan fingerprint density at radius 1 is 0.744 bits per heavy atom. The number of carbonyl (C=O) groups is 3. The predicted molar refractivity (Wildman–Crippen MR) is 161 cm³/mol. The molecular weight excluding hydrogens is 599 g/mol. The van der Waals surface area contributed by atoms with Crippen LogP contribution in [0.25, 0.3) is 12.2 Å². The van der Waals surface area contributed by atoms with Gasteiger partial charge in [-0.1, -0.05) is 81.6 Å². The Balaban J connectivity index is 1.49. The minimum Gasteiger partial charge on any atom is -0.321 e. The fraction of sp³-hybridized carbons (Fsp3) is 0. The third kappa shape index (κ3) is 7.77. The van der Waals surface area contributed by atoms with E-state index in [-0.39, 0.29) is 11.5 Å². The average molecular weight is 620 g/mol. The van der Waals surface area contributed by atoms with Gasteiger partial charge in [-0.15, -0.1) is 0 Å². The zero-order valence-corrected chi connectivity index (χ0v) is 23.4. The quantitative estimate of drug-likeness (QED) is 0.155. The van der Waals surface area contributed by atoms with Gasteiger partial charge < -0.3 is 10.6 Å². The molecule has 0 heterocycles. The zero-order valence-electron chi connectivity index (χ0n) is 20.3. The second-order valence-corrected chi connectivity index (χ2v) is 10.0. The van der Waals surface area contributed by atoms with Crippen molar-refractivity contribution in [2.24, 2.45) is 0 Å². The van der Waals surface area contributed by atoms with Crippen molar-refractivity contribution in [2.75, 3.05) is 5.32 Å². The summed E-state index contributed by atoms with van der Waals surface area (Å²) in [6.07, 6.45) is 4.59. The molecule has 0 saturated carbocycles. The van der Waals surface area contributed by atoms with Crippen molar-refractivity contribution in [1.82, 2.24) is 5.32 Å². The van der Waals surface area contributed by atoms with Crippen LogP contribution in [0.15, 0.2) is 113 Å². The smallest absolute Gasteiger partial charge is 0.272 e. The maximum absolute atomic E-state index is 13.2. The van der Waals surface area contributed by atoms with Crippen LogP contribution in [0.4, 0.5) is 5.69 Å². The number of anilines is 1. The van der Waals surface area contributed by atoms with Crippen LogP contribution in [0.3, 0.4) is 0 Å². The summed E-state index contributed by atoms with van der Waals surface area (Å²) >= 11 is 15.6. The molecule has 0 spiro atoms. The molecule has 0 atom stereocenters. The van der Waals surface area contributed by atoms with Gasteiger partial charge in [-0.3, -0.25) is 14.4 Å². The van der Waals surface area contributed by atoms with Gasteiger partial charge in [0.15, 0.2) is 5.78 Å². The van der Waals surface area contributed by atoms with Crippen LogP contribution >= 0.6 is 39.1 Å². The van der Waals surface area contributed by atoms with E-state index >= 15 is 0 Å². The summed E-state index contributed by atoms with van der Waals surface area (Å²) in [6.45, 7) is 0. The van der Waals surface area contributed by atoms with Crippen LogP contribution in [-0.4, -0.2) is 17.6 Å². The Labute approximate surface area is 244 Å². The van der Waals surface area contributed by atoms with Gasteiger partial charge in [-0.05, 0) is 84.0 Å². The van der Waals surface area contributed by atoms with Gasteiger partial charge in [-0.25, -0.2) is 0 Å². The van der Waals surface area contributed by atoms with Crippen LogP contribution in [0.2, 0.25) is 10.0 Å². The van der Waals surface area contributed by atoms with Gasteiger partial charge in [0.05, 0.1) is 10.0 Å². The number of nitrogens with one attached hydrogen (secondary N) is 2. The second kappa shape index (κ2) is 13.2. The molecule has 4 aromatic carbocycles. The number of hydrogen-bond acceptors (Lipinski definition) is 3. The van der Waals surface area contributed by atoms with Crippen LogP contribution in [-0.2, 0) is 4.79 Å². The number of amides is 2. The summed E-state index contributed by atoms with van der Waals surface area (Å²) in [5, 5.41) is 6.25. The van der Waals surface area contributed by atoms with Crippen LogP contribution < -0.4 is 10.6 Å². The Morgan fingerprint density at radius 3 is 2.13 bits per heavy atom. The maximum Gasteiger partial charge on any atom is 0.272 e. The first-order valence-corrected chi connectivity index (χ1v) is 13.3. The minimum atomic E-state index is -0.517. The number of ketones is 1. The number of benzene rings is 4. The second-order valence-electron chi connectivity index (χ2n) is 8.30. The SMILES string of the molecule is O=C(Nc1ccc(C(=O)/C=C/c2cccc(Cl)c2Cl)cc1)/C(=C/c1ccc(Br)cc1)NC(=O)c1ccccc1. The molecular formula is C31H21BrCl2N2O3. The molecule has 0 aliphatic rings. The summed E-state index contributed by atoms with van der Waals surface area (Å²) in [7, 11) is 0. The van der Waals surface area contributed by atoms with E-state index in [2.05, 4.69) is 26.6 Å². The van der Waals surface area contributed by atoms with Gasteiger partial charge in [0, 0.05) is 21.3 Å². The summed E-state index contributed by atoms with van der Waals surface area (Å²) in [6, 6.07) is 27.5. The molecule has 194 valence electrons. The summed E-state index contributed by atoms with van der Waals surface area (Å²) in [4.78, 5) is 38.6. The Hall–Kier alpha value is -3.97. The van der Waals surface area contributed by atoms with E-state index in [1.807, 2.05) is 24.3 Å². The molecule has 0 aliphatic carbocycles. The Kier molecular flexibility index (Phi) is 9.49. The first kappa shape index (κ1) is 28.0. The summed E-state index contributed by atoms with van der Waals surface area (Å²) in [5.41, 5.74) is 2.71. The molecule has 5 nitrogen and oxygen atoms in total. The van der Waals surface area contributed by atoms with E-state index < -0.39 is 11.8 Å². The van der Waals surface area contributed by atoms with E-state index in [1.165, 1.54) is 6.08 Å². The molecule has 8 heteroatoms. The highest BCUT2D eigenvalue weighted by Crippen LogP contribution is 2.26. The fourth-order valence-electron chi connectivity index (χ4n) is 3.50. The molecule has 0 saturated heterocycles. The van der Waals surface area contributed by atoms with Crippen LogP contribution in [0.1, 0.15) is 31.8 Å². The van der Waals surface area contributed by atoms with Crippen molar-refractivity contribution in [3.05, 3.63) is 146 Å². The minimum absolute atomic E-state index is 0.0627. The topological polar surface area (TPSA) is 75.3 Å². The third-order valence-corrected chi connectivity index (χ3v) is 6.90. The number of allylic oxidation sites excluding steroid dienone is 1. The molecule has 0 fully saturated rings. The average Bonchev–Trinajstić information content (AvgIpc) is 2.95. The third-order valence-electron chi connectivity index (χ3n) is 5.53. The first-order chi connectivity index (χ1) is 18.8. The molecule has 0 radical (unpaired) electrons. The molecule has 4 rings (SSSR count). The normalized spacial score (nSPS) is 11.3. The van der Waals surface area contributed by atoms with Crippen molar-refractivity contribution in [1.29, 1.82) is 0 Å².